The van der Waals surface area contributed by atoms with Crippen LogP contribution in [0.3, 0.4) is 0 Å². The van der Waals surface area contributed by atoms with Crippen molar-refractivity contribution >= 4 is 5.91 Å². The lowest BCUT2D eigenvalue weighted by atomic mass is 10.1. The number of nitrogens with one attached hydrogen (secondary N) is 1. The van der Waals surface area contributed by atoms with E-state index in [4.69, 9.17) is 4.74 Å². The van der Waals surface area contributed by atoms with E-state index in [2.05, 4.69) is 9.97 Å². The number of aromatic amines is 1. The minimum absolute atomic E-state index is 0.0165. The molecule has 1 aromatic heterocycles. The molecule has 0 aliphatic carbocycles. The van der Waals surface area contributed by atoms with Crippen molar-refractivity contribution in [1.29, 1.82) is 0 Å². The molecule has 24 heavy (non-hydrogen) atoms. The maximum atomic E-state index is 13.1. The molecule has 1 atom stereocenters. The minimum Gasteiger partial charge on any atom is -0.376 e. The molecule has 1 aliphatic heterocycles. The average Bonchev–Trinajstić information content (AvgIpc) is 3.09. The third-order valence-electron chi connectivity index (χ3n) is 3.91. The summed E-state index contributed by atoms with van der Waals surface area (Å²) in [4.78, 5) is 31.8. The van der Waals surface area contributed by atoms with E-state index in [0.29, 0.717) is 19.7 Å². The van der Waals surface area contributed by atoms with E-state index in [1.807, 2.05) is 0 Å². The van der Waals surface area contributed by atoms with Gasteiger partial charge < -0.3 is 14.6 Å². The Morgan fingerprint density at radius 1 is 1.38 bits per heavy atom. The van der Waals surface area contributed by atoms with Crippen LogP contribution in [0.2, 0.25) is 0 Å². The highest BCUT2D eigenvalue weighted by molar-refractivity contribution is 5.91. The van der Waals surface area contributed by atoms with Crippen LogP contribution in [0, 0.1) is 5.82 Å². The fourth-order valence-electron chi connectivity index (χ4n) is 2.68. The summed E-state index contributed by atoms with van der Waals surface area (Å²) in [5, 5.41) is 0. The molecule has 1 N–H and O–H groups in total. The topological polar surface area (TPSA) is 75.3 Å². The van der Waals surface area contributed by atoms with Gasteiger partial charge in [-0.25, -0.2) is 9.37 Å². The number of aromatic nitrogens is 2. The van der Waals surface area contributed by atoms with Crippen LogP contribution < -0.4 is 5.56 Å². The molecule has 6 nitrogen and oxygen atoms in total. The predicted octanol–water partition coefficient (Wildman–Crippen LogP) is 1.73. The van der Waals surface area contributed by atoms with E-state index in [-0.39, 0.29) is 29.1 Å². The van der Waals surface area contributed by atoms with Gasteiger partial charge in [0, 0.05) is 25.9 Å². The molecule has 0 saturated carbocycles. The van der Waals surface area contributed by atoms with Crippen molar-refractivity contribution < 1.29 is 13.9 Å². The lowest BCUT2D eigenvalue weighted by Gasteiger charge is -2.25. The van der Waals surface area contributed by atoms with Crippen molar-refractivity contribution in [3.63, 3.8) is 0 Å². The normalized spacial score (nSPS) is 17.0. The first-order valence-corrected chi connectivity index (χ1v) is 7.82. The van der Waals surface area contributed by atoms with Crippen molar-refractivity contribution in [3.8, 4) is 0 Å². The molecule has 0 radical (unpaired) electrons. The molecule has 0 bridgehead atoms. The zero-order valence-electron chi connectivity index (χ0n) is 13.1. The van der Waals surface area contributed by atoms with Gasteiger partial charge in [-0.15, -0.1) is 0 Å². The van der Waals surface area contributed by atoms with Crippen molar-refractivity contribution in [3.05, 3.63) is 64.1 Å². The first kappa shape index (κ1) is 16.3. The molecular formula is C17H18FN3O3. The molecule has 1 aromatic carbocycles. The molecule has 1 aliphatic rings. The van der Waals surface area contributed by atoms with E-state index in [0.717, 1.165) is 24.6 Å². The monoisotopic (exact) mass is 331 g/mol. The number of halogens is 1. The maximum Gasteiger partial charge on any atom is 0.274 e. The lowest BCUT2D eigenvalue weighted by Crippen LogP contribution is -2.37. The quantitative estimate of drug-likeness (QED) is 0.905. The van der Waals surface area contributed by atoms with Gasteiger partial charge in [0.05, 0.1) is 12.3 Å². The van der Waals surface area contributed by atoms with Crippen LogP contribution in [-0.2, 0) is 11.3 Å². The number of rotatable bonds is 5. The van der Waals surface area contributed by atoms with Crippen LogP contribution in [0.5, 0.6) is 0 Å². The molecule has 3 rings (SSSR count). The molecule has 2 aromatic rings. The largest absolute Gasteiger partial charge is 0.376 e. The molecule has 1 amide bonds. The SMILES string of the molecule is O=C(c1c[nH]c(=O)cn1)N(Cc1ccc(F)cc1)C[C@@H]1CCCO1. The van der Waals surface area contributed by atoms with Gasteiger partial charge in [0.25, 0.3) is 11.5 Å². The van der Waals surface area contributed by atoms with Crippen LogP contribution in [0.15, 0.2) is 41.5 Å². The van der Waals surface area contributed by atoms with E-state index in [1.165, 1.54) is 18.3 Å². The Hall–Kier alpha value is -2.54. The number of hydrogen-bond acceptors (Lipinski definition) is 4. The first-order valence-electron chi connectivity index (χ1n) is 7.82. The van der Waals surface area contributed by atoms with Crippen LogP contribution >= 0.6 is 0 Å². The van der Waals surface area contributed by atoms with Crippen LogP contribution in [0.1, 0.15) is 28.9 Å². The van der Waals surface area contributed by atoms with Gasteiger partial charge in [-0.2, -0.15) is 0 Å². The Labute approximate surface area is 138 Å². The van der Waals surface area contributed by atoms with Crippen molar-refractivity contribution in [2.75, 3.05) is 13.2 Å². The van der Waals surface area contributed by atoms with Crippen LogP contribution in [0.25, 0.3) is 0 Å². The van der Waals surface area contributed by atoms with Gasteiger partial charge in [0.1, 0.15) is 11.5 Å². The lowest BCUT2D eigenvalue weighted by molar-refractivity contribution is 0.0502. The van der Waals surface area contributed by atoms with E-state index < -0.39 is 0 Å². The predicted molar refractivity (Wildman–Crippen MR) is 85.0 cm³/mol. The third-order valence-corrected chi connectivity index (χ3v) is 3.91. The number of carbonyl (C=O) groups is 1. The number of hydrogen-bond donors (Lipinski definition) is 1. The summed E-state index contributed by atoms with van der Waals surface area (Å²) in [6.07, 6.45) is 4.23. The summed E-state index contributed by atoms with van der Waals surface area (Å²) >= 11 is 0. The number of nitrogens with zero attached hydrogens (tertiary/aromatic N) is 2. The molecule has 126 valence electrons. The van der Waals surface area contributed by atoms with Crippen molar-refractivity contribution in [1.82, 2.24) is 14.9 Å². The molecule has 2 heterocycles. The second-order valence-electron chi connectivity index (χ2n) is 5.74. The Kier molecular flexibility index (Phi) is 5.00. The summed E-state index contributed by atoms with van der Waals surface area (Å²) in [7, 11) is 0. The minimum atomic E-state index is -0.365. The summed E-state index contributed by atoms with van der Waals surface area (Å²) in [5.74, 6) is -0.621. The summed E-state index contributed by atoms with van der Waals surface area (Å²) in [5.41, 5.74) is 0.609. The van der Waals surface area contributed by atoms with E-state index in [9.17, 15) is 14.0 Å². The van der Waals surface area contributed by atoms with E-state index in [1.54, 1.807) is 17.0 Å². The highest BCUT2D eigenvalue weighted by Crippen LogP contribution is 2.17. The highest BCUT2D eigenvalue weighted by atomic mass is 19.1. The first-order chi connectivity index (χ1) is 11.6. The van der Waals surface area contributed by atoms with Gasteiger partial charge in [-0.3, -0.25) is 9.59 Å². The van der Waals surface area contributed by atoms with Crippen LogP contribution in [0.4, 0.5) is 4.39 Å². The Balaban J connectivity index is 1.79. The number of amides is 1. The highest BCUT2D eigenvalue weighted by Gasteiger charge is 2.24. The number of benzene rings is 1. The van der Waals surface area contributed by atoms with Crippen molar-refractivity contribution in [2.45, 2.75) is 25.5 Å². The van der Waals surface area contributed by atoms with Gasteiger partial charge in [0.2, 0.25) is 0 Å². The molecule has 1 saturated heterocycles. The molecule has 7 heteroatoms. The standard InChI is InChI=1S/C17H18FN3O3/c18-13-5-3-12(4-6-13)10-21(11-14-2-1-7-24-14)17(23)15-8-20-16(22)9-19-15/h3-6,8-9,14H,1-2,7,10-11H2,(H,20,22)/t14-/m0/s1. The molecule has 0 unspecified atom stereocenters. The smallest absolute Gasteiger partial charge is 0.274 e. The van der Waals surface area contributed by atoms with Gasteiger partial charge in [-0.1, -0.05) is 12.1 Å². The zero-order chi connectivity index (χ0) is 16.9. The Bertz CT molecular complexity index is 734. The summed E-state index contributed by atoms with van der Waals surface area (Å²) in [6.45, 7) is 1.44. The van der Waals surface area contributed by atoms with Gasteiger partial charge in [-0.05, 0) is 30.5 Å². The molecule has 0 spiro atoms. The Morgan fingerprint density at radius 2 is 2.17 bits per heavy atom. The van der Waals surface area contributed by atoms with E-state index >= 15 is 0 Å². The third kappa shape index (κ3) is 4.05. The zero-order valence-corrected chi connectivity index (χ0v) is 13.1. The van der Waals surface area contributed by atoms with Gasteiger partial charge >= 0.3 is 0 Å². The Morgan fingerprint density at radius 3 is 2.79 bits per heavy atom. The number of carbonyl (C=O) groups excluding carboxylic acids is 1. The molecule has 1 fully saturated rings. The second-order valence-corrected chi connectivity index (χ2v) is 5.74. The maximum absolute atomic E-state index is 13.1. The van der Waals surface area contributed by atoms with Crippen LogP contribution in [-0.4, -0.2) is 40.0 Å². The van der Waals surface area contributed by atoms with Crippen molar-refractivity contribution in [2.24, 2.45) is 0 Å². The second kappa shape index (κ2) is 7.35. The number of H-pyrrole nitrogens is 1. The van der Waals surface area contributed by atoms with Gasteiger partial charge in [0.15, 0.2) is 0 Å². The molecular weight excluding hydrogens is 313 g/mol. The number of ether oxygens (including phenoxy) is 1. The fourth-order valence-corrected chi connectivity index (χ4v) is 2.68. The fraction of sp³-hybridized carbons (Fsp3) is 0.353. The summed E-state index contributed by atoms with van der Waals surface area (Å²) in [6, 6.07) is 6.02. The summed E-state index contributed by atoms with van der Waals surface area (Å²) < 4.78 is 18.7. The average molecular weight is 331 g/mol.